The average Bonchev–Trinajstić information content (AvgIpc) is 2.64. The molecule has 3 aromatic rings. The summed E-state index contributed by atoms with van der Waals surface area (Å²) in [4.78, 5) is 20.6. The molecule has 0 radical (unpaired) electrons. The molecule has 6 nitrogen and oxygen atoms in total. The Hall–Kier alpha value is -2.93. The molecular weight excluding hydrogens is 384 g/mol. The number of ether oxygens (including phenoxy) is 1. The minimum Gasteiger partial charge on any atom is -0.497 e. The van der Waals surface area contributed by atoms with Crippen LogP contribution >= 0.6 is 15.9 Å². The molecule has 0 bridgehead atoms. The van der Waals surface area contributed by atoms with Crippen molar-refractivity contribution in [2.75, 3.05) is 17.7 Å². The Morgan fingerprint density at radius 1 is 1.04 bits per heavy atom. The highest BCUT2D eigenvalue weighted by molar-refractivity contribution is 9.10. The summed E-state index contributed by atoms with van der Waals surface area (Å²) in [6.45, 7) is 0. The standard InChI is InChI=1S/C18H15BrN4O2/c1-25-15-4-2-3-14(9-15)23-18(24)16-10-21-17(11-20-16)22-13-7-5-12(19)6-8-13/h2-11H,1H3,(H,21,22)(H,23,24). The summed E-state index contributed by atoms with van der Waals surface area (Å²) >= 11 is 3.38. The summed E-state index contributed by atoms with van der Waals surface area (Å²) in [6, 6.07) is 14.8. The van der Waals surface area contributed by atoms with Gasteiger partial charge in [-0.3, -0.25) is 4.79 Å². The van der Waals surface area contributed by atoms with E-state index in [4.69, 9.17) is 4.74 Å². The third-order valence-electron chi connectivity index (χ3n) is 3.33. The second-order valence-corrected chi connectivity index (χ2v) is 6.02. The Morgan fingerprint density at radius 3 is 2.52 bits per heavy atom. The number of nitrogens with zero attached hydrogens (tertiary/aromatic N) is 2. The Morgan fingerprint density at radius 2 is 1.84 bits per heavy atom. The quantitative estimate of drug-likeness (QED) is 0.671. The molecule has 126 valence electrons. The zero-order valence-electron chi connectivity index (χ0n) is 13.4. The monoisotopic (exact) mass is 398 g/mol. The number of rotatable bonds is 5. The van der Waals surface area contributed by atoms with Crippen LogP contribution in [0.5, 0.6) is 5.75 Å². The van der Waals surface area contributed by atoms with Crippen LogP contribution in [0.25, 0.3) is 0 Å². The zero-order chi connectivity index (χ0) is 17.6. The van der Waals surface area contributed by atoms with Gasteiger partial charge in [0.25, 0.3) is 5.91 Å². The van der Waals surface area contributed by atoms with Crippen LogP contribution < -0.4 is 15.4 Å². The van der Waals surface area contributed by atoms with E-state index in [0.29, 0.717) is 17.3 Å². The molecule has 0 saturated heterocycles. The molecule has 1 heterocycles. The average molecular weight is 399 g/mol. The number of carbonyl (C=O) groups excluding carboxylic acids is 1. The van der Waals surface area contributed by atoms with Gasteiger partial charge in [0.1, 0.15) is 17.3 Å². The lowest BCUT2D eigenvalue weighted by atomic mass is 10.3. The van der Waals surface area contributed by atoms with Gasteiger partial charge in [0.05, 0.1) is 19.5 Å². The number of benzene rings is 2. The summed E-state index contributed by atoms with van der Waals surface area (Å²) in [6.07, 6.45) is 2.94. The normalized spacial score (nSPS) is 10.2. The van der Waals surface area contributed by atoms with E-state index in [0.717, 1.165) is 10.2 Å². The fraction of sp³-hybridized carbons (Fsp3) is 0.0556. The second-order valence-electron chi connectivity index (χ2n) is 5.10. The maximum atomic E-state index is 12.2. The van der Waals surface area contributed by atoms with E-state index in [-0.39, 0.29) is 11.6 Å². The Bertz CT molecular complexity index is 867. The van der Waals surface area contributed by atoms with Gasteiger partial charge in [-0.2, -0.15) is 0 Å². The first-order valence-electron chi connectivity index (χ1n) is 7.44. The molecule has 0 aliphatic rings. The van der Waals surface area contributed by atoms with Crippen molar-refractivity contribution in [3.63, 3.8) is 0 Å². The molecular formula is C18H15BrN4O2. The number of hydrogen-bond acceptors (Lipinski definition) is 5. The van der Waals surface area contributed by atoms with Crippen LogP contribution in [0.15, 0.2) is 65.4 Å². The number of aromatic nitrogens is 2. The lowest BCUT2D eigenvalue weighted by Crippen LogP contribution is -2.14. The predicted molar refractivity (Wildman–Crippen MR) is 100 cm³/mol. The largest absolute Gasteiger partial charge is 0.497 e. The van der Waals surface area contributed by atoms with E-state index >= 15 is 0 Å². The van der Waals surface area contributed by atoms with Gasteiger partial charge in [-0.05, 0) is 36.4 Å². The number of amides is 1. The summed E-state index contributed by atoms with van der Waals surface area (Å²) in [7, 11) is 1.57. The third-order valence-corrected chi connectivity index (χ3v) is 3.86. The number of nitrogens with one attached hydrogen (secondary N) is 2. The molecule has 0 atom stereocenters. The maximum absolute atomic E-state index is 12.2. The first kappa shape index (κ1) is 16.9. The van der Waals surface area contributed by atoms with Crippen molar-refractivity contribution in [2.45, 2.75) is 0 Å². The smallest absolute Gasteiger partial charge is 0.275 e. The second kappa shape index (κ2) is 7.76. The Balaban J connectivity index is 1.66. The van der Waals surface area contributed by atoms with Crippen LogP contribution in [0.3, 0.4) is 0 Å². The van der Waals surface area contributed by atoms with E-state index in [1.807, 2.05) is 24.3 Å². The van der Waals surface area contributed by atoms with Gasteiger partial charge in [0, 0.05) is 21.9 Å². The van der Waals surface area contributed by atoms with Crippen LogP contribution in [-0.2, 0) is 0 Å². The molecule has 3 rings (SSSR count). The molecule has 1 amide bonds. The molecule has 2 N–H and O–H groups in total. The third kappa shape index (κ3) is 4.54. The van der Waals surface area contributed by atoms with Crippen molar-refractivity contribution in [1.82, 2.24) is 9.97 Å². The van der Waals surface area contributed by atoms with Crippen molar-refractivity contribution < 1.29 is 9.53 Å². The number of carbonyl (C=O) groups is 1. The molecule has 0 spiro atoms. The van der Waals surface area contributed by atoms with Crippen LogP contribution in [0.1, 0.15) is 10.5 Å². The van der Waals surface area contributed by atoms with E-state index < -0.39 is 0 Å². The highest BCUT2D eigenvalue weighted by Gasteiger charge is 2.09. The highest BCUT2D eigenvalue weighted by Crippen LogP contribution is 2.19. The molecule has 0 unspecified atom stereocenters. The van der Waals surface area contributed by atoms with Gasteiger partial charge >= 0.3 is 0 Å². The Kier molecular flexibility index (Phi) is 5.25. The summed E-state index contributed by atoms with van der Waals surface area (Å²) in [5.74, 6) is 0.883. The van der Waals surface area contributed by atoms with Crippen LogP contribution in [0.2, 0.25) is 0 Å². The highest BCUT2D eigenvalue weighted by atomic mass is 79.9. The lowest BCUT2D eigenvalue weighted by Gasteiger charge is -2.08. The topological polar surface area (TPSA) is 76.1 Å². The molecule has 25 heavy (non-hydrogen) atoms. The van der Waals surface area contributed by atoms with Crippen LogP contribution in [-0.4, -0.2) is 23.0 Å². The number of anilines is 3. The van der Waals surface area contributed by atoms with E-state index in [1.165, 1.54) is 12.4 Å². The fourth-order valence-corrected chi connectivity index (χ4v) is 2.35. The summed E-state index contributed by atoms with van der Waals surface area (Å²) < 4.78 is 6.13. The van der Waals surface area contributed by atoms with Crippen molar-refractivity contribution in [3.05, 3.63) is 71.1 Å². The molecule has 2 aromatic carbocycles. The number of hydrogen-bond donors (Lipinski definition) is 2. The van der Waals surface area contributed by atoms with E-state index in [2.05, 4.69) is 36.5 Å². The Labute approximate surface area is 153 Å². The maximum Gasteiger partial charge on any atom is 0.275 e. The van der Waals surface area contributed by atoms with Gasteiger partial charge in [0.15, 0.2) is 0 Å². The minimum absolute atomic E-state index is 0.226. The molecule has 0 aliphatic carbocycles. The molecule has 0 saturated carbocycles. The first-order valence-corrected chi connectivity index (χ1v) is 8.23. The molecule has 0 fully saturated rings. The van der Waals surface area contributed by atoms with Crippen LogP contribution in [0, 0.1) is 0 Å². The number of methoxy groups -OCH3 is 1. The molecule has 7 heteroatoms. The zero-order valence-corrected chi connectivity index (χ0v) is 14.9. The summed E-state index contributed by atoms with van der Waals surface area (Å²) in [5, 5.41) is 5.88. The van der Waals surface area contributed by atoms with E-state index in [1.54, 1.807) is 31.4 Å². The minimum atomic E-state index is -0.337. The van der Waals surface area contributed by atoms with Crippen molar-refractivity contribution in [3.8, 4) is 5.75 Å². The van der Waals surface area contributed by atoms with Crippen LogP contribution in [0.4, 0.5) is 17.2 Å². The van der Waals surface area contributed by atoms with Crippen molar-refractivity contribution in [2.24, 2.45) is 0 Å². The van der Waals surface area contributed by atoms with Gasteiger partial charge in [0.2, 0.25) is 0 Å². The van der Waals surface area contributed by atoms with Gasteiger partial charge in [-0.1, -0.05) is 22.0 Å². The SMILES string of the molecule is COc1cccc(NC(=O)c2cnc(Nc3ccc(Br)cc3)cn2)c1. The summed E-state index contributed by atoms with van der Waals surface area (Å²) in [5.41, 5.74) is 1.73. The van der Waals surface area contributed by atoms with Crippen molar-refractivity contribution >= 4 is 39.0 Å². The van der Waals surface area contributed by atoms with Gasteiger partial charge < -0.3 is 15.4 Å². The van der Waals surface area contributed by atoms with Gasteiger partial charge in [-0.15, -0.1) is 0 Å². The van der Waals surface area contributed by atoms with Crippen molar-refractivity contribution in [1.29, 1.82) is 0 Å². The number of halogens is 1. The predicted octanol–water partition coefficient (Wildman–Crippen LogP) is 4.24. The molecule has 1 aromatic heterocycles. The fourth-order valence-electron chi connectivity index (χ4n) is 2.09. The van der Waals surface area contributed by atoms with Gasteiger partial charge in [-0.25, -0.2) is 9.97 Å². The first-order chi connectivity index (χ1) is 12.1. The molecule has 0 aliphatic heterocycles. The van der Waals surface area contributed by atoms with E-state index in [9.17, 15) is 4.79 Å². The lowest BCUT2D eigenvalue weighted by molar-refractivity contribution is 0.102.